The largest absolute Gasteiger partial charge is 0.330 e. The van der Waals surface area contributed by atoms with Crippen molar-refractivity contribution in [1.29, 1.82) is 0 Å². The molecule has 0 saturated heterocycles. The molecule has 0 atom stereocenters. The second-order valence-corrected chi connectivity index (χ2v) is 5.46. The molecule has 0 aliphatic heterocycles. The lowest BCUT2D eigenvalue weighted by Gasteiger charge is -2.22. The van der Waals surface area contributed by atoms with Crippen molar-refractivity contribution in [2.24, 2.45) is 5.73 Å². The fourth-order valence-electron chi connectivity index (χ4n) is 1.64. The number of rotatable bonds is 3. The van der Waals surface area contributed by atoms with Gasteiger partial charge in [0.1, 0.15) is 5.82 Å². The van der Waals surface area contributed by atoms with E-state index < -0.39 is 0 Å². The van der Waals surface area contributed by atoms with Crippen molar-refractivity contribution in [3.8, 4) is 0 Å². The Morgan fingerprint density at radius 3 is 2.44 bits per heavy atom. The second-order valence-electron chi connectivity index (χ2n) is 5.08. The summed E-state index contributed by atoms with van der Waals surface area (Å²) >= 11 is 5.98. The molecular weight excluding hydrogens is 225 g/mol. The van der Waals surface area contributed by atoms with E-state index in [1.807, 2.05) is 26.8 Å². The predicted octanol–water partition coefficient (Wildman–Crippen LogP) is 3.67. The highest BCUT2D eigenvalue weighted by Crippen LogP contribution is 2.32. The van der Waals surface area contributed by atoms with E-state index in [4.69, 9.17) is 17.3 Å². The Hall–Kier alpha value is -0.600. The zero-order valence-electron chi connectivity index (χ0n) is 10.1. The van der Waals surface area contributed by atoms with E-state index in [0.717, 1.165) is 24.0 Å². The van der Waals surface area contributed by atoms with Crippen molar-refractivity contribution in [3.63, 3.8) is 0 Å². The molecule has 90 valence electrons. The van der Waals surface area contributed by atoms with E-state index in [1.165, 1.54) is 6.07 Å². The molecule has 2 N–H and O–H groups in total. The van der Waals surface area contributed by atoms with Crippen LogP contribution in [-0.4, -0.2) is 6.54 Å². The first kappa shape index (κ1) is 13.5. The smallest absolute Gasteiger partial charge is 0.142 e. The van der Waals surface area contributed by atoms with Crippen LogP contribution in [0.2, 0.25) is 5.02 Å². The Bertz CT molecular complexity index is 369. The van der Waals surface area contributed by atoms with Gasteiger partial charge >= 0.3 is 0 Å². The van der Waals surface area contributed by atoms with Gasteiger partial charge in [0.2, 0.25) is 0 Å². The molecule has 0 saturated carbocycles. The Morgan fingerprint density at radius 2 is 1.94 bits per heavy atom. The normalized spacial score (nSPS) is 11.9. The lowest BCUT2D eigenvalue weighted by molar-refractivity contribution is 0.570. The number of aryl methyl sites for hydroxylation is 1. The number of benzene rings is 1. The van der Waals surface area contributed by atoms with Gasteiger partial charge in [-0.25, -0.2) is 4.39 Å². The Labute approximate surface area is 102 Å². The molecule has 0 heterocycles. The number of hydrogen-bond acceptors (Lipinski definition) is 1. The van der Waals surface area contributed by atoms with Crippen LogP contribution in [0.15, 0.2) is 12.1 Å². The summed E-state index contributed by atoms with van der Waals surface area (Å²) in [4.78, 5) is 0. The fraction of sp³-hybridized carbons (Fsp3) is 0.538. The first-order valence-corrected chi connectivity index (χ1v) is 5.92. The van der Waals surface area contributed by atoms with Crippen LogP contribution in [-0.2, 0) is 11.8 Å². The maximum absolute atomic E-state index is 13.6. The van der Waals surface area contributed by atoms with E-state index in [-0.39, 0.29) is 16.3 Å². The Kier molecular flexibility index (Phi) is 4.34. The molecule has 1 aromatic rings. The van der Waals surface area contributed by atoms with Crippen molar-refractivity contribution in [3.05, 3.63) is 34.1 Å². The highest BCUT2D eigenvalue weighted by Gasteiger charge is 2.20. The summed E-state index contributed by atoms with van der Waals surface area (Å²) in [5.74, 6) is -0.332. The maximum atomic E-state index is 13.6. The van der Waals surface area contributed by atoms with Crippen LogP contribution >= 0.6 is 11.6 Å². The zero-order valence-corrected chi connectivity index (χ0v) is 10.9. The van der Waals surface area contributed by atoms with Gasteiger partial charge in [0, 0.05) is 0 Å². The summed E-state index contributed by atoms with van der Waals surface area (Å²) in [7, 11) is 0. The van der Waals surface area contributed by atoms with Crippen LogP contribution in [0.5, 0.6) is 0 Å². The summed E-state index contributed by atoms with van der Waals surface area (Å²) in [5.41, 5.74) is 7.14. The highest BCUT2D eigenvalue weighted by atomic mass is 35.5. The van der Waals surface area contributed by atoms with E-state index in [9.17, 15) is 4.39 Å². The molecule has 16 heavy (non-hydrogen) atoms. The van der Waals surface area contributed by atoms with Gasteiger partial charge in [-0.1, -0.05) is 38.4 Å². The third kappa shape index (κ3) is 3.19. The minimum Gasteiger partial charge on any atom is -0.330 e. The highest BCUT2D eigenvalue weighted by molar-refractivity contribution is 6.31. The van der Waals surface area contributed by atoms with E-state index in [1.54, 1.807) is 0 Å². The van der Waals surface area contributed by atoms with Gasteiger partial charge in [-0.2, -0.15) is 0 Å². The van der Waals surface area contributed by atoms with Crippen LogP contribution < -0.4 is 5.73 Å². The van der Waals surface area contributed by atoms with Crippen LogP contribution in [0, 0.1) is 5.82 Å². The number of nitrogens with two attached hydrogens (primary N) is 1. The van der Waals surface area contributed by atoms with Crippen molar-refractivity contribution in [2.45, 2.75) is 39.0 Å². The third-order valence-electron chi connectivity index (χ3n) is 2.57. The summed E-state index contributed by atoms with van der Waals surface area (Å²) in [6.07, 6.45) is 1.67. The molecular formula is C13H19ClFN. The summed E-state index contributed by atoms with van der Waals surface area (Å²) in [5, 5.41) is 0.240. The van der Waals surface area contributed by atoms with Gasteiger partial charge in [0.15, 0.2) is 0 Å². The molecule has 0 spiro atoms. The topological polar surface area (TPSA) is 26.0 Å². The Balaban J connectivity index is 3.12. The van der Waals surface area contributed by atoms with Gasteiger partial charge in [-0.05, 0) is 42.0 Å². The first-order chi connectivity index (χ1) is 7.36. The predicted molar refractivity (Wildman–Crippen MR) is 67.5 cm³/mol. The second kappa shape index (κ2) is 5.15. The number of hydrogen-bond donors (Lipinski definition) is 1. The summed E-state index contributed by atoms with van der Waals surface area (Å²) in [6.45, 7) is 6.70. The van der Waals surface area contributed by atoms with Crippen LogP contribution in [0.3, 0.4) is 0 Å². The Morgan fingerprint density at radius 1 is 1.31 bits per heavy atom. The molecule has 1 rings (SSSR count). The monoisotopic (exact) mass is 243 g/mol. The molecule has 0 aliphatic carbocycles. The van der Waals surface area contributed by atoms with Gasteiger partial charge in [-0.15, -0.1) is 0 Å². The molecule has 0 bridgehead atoms. The molecule has 3 heteroatoms. The summed E-state index contributed by atoms with van der Waals surface area (Å²) < 4.78 is 13.6. The third-order valence-corrected chi connectivity index (χ3v) is 2.95. The molecule has 0 fully saturated rings. The molecule has 0 unspecified atom stereocenters. The van der Waals surface area contributed by atoms with Crippen molar-refractivity contribution >= 4 is 11.6 Å². The van der Waals surface area contributed by atoms with Gasteiger partial charge in [-0.3, -0.25) is 0 Å². The standard InChI is InChI=1S/C13H19ClFN/c1-13(2,3)10-7-9(5-4-6-16)8-11(15)12(10)14/h7-8H,4-6,16H2,1-3H3. The van der Waals surface area contributed by atoms with Gasteiger partial charge < -0.3 is 5.73 Å². The minimum atomic E-state index is -0.332. The first-order valence-electron chi connectivity index (χ1n) is 5.54. The van der Waals surface area contributed by atoms with Gasteiger partial charge in [0.05, 0.1) is 5.02 Å². The molecule has 0 radical (unpaired) electrons. The molecule has 0 amide bonds. The van der Waals surface area contributed by atoms with E-state index in [2.05, 4.69) is 0 Å². The van der Waals surface area contributed by atoms with Crippen molar-refractivity contribution < 1.29 is 4.39 Å². The van der Waals surface area contributed by atoms with Gasteiger partial charge in [0.25, 0.3) is 0 Å². The van der Waals surface area contributed by atoms with E-state index in [0.29, 0.717) is 6.54 Å². The zero-order chi connectivity index (χ0) is 12.3. The van der Waals surface area contributed by atoms with Crippen molar-refractivity contribution in [1.82, 2.24) is 0 Å². The minimum absolute atomic E-state index is 0.142. The average Bonchev–Trinajstić information content (AvgIpc) is 2.17. The molecule has 1 aromatic carbocycles. The average molecular weight is 244 g/mol. The molecule has 1 nitrogen and oxygen atoms in total. The SMILES string of the molecule is CC(C)(C)c1cc(CCCN)cc(F)c1Cl. The molecule has 0 aromatic heterocycles. The lowest BCUT2D eigenvalue weighted by Crippen LogP contribution is -2.13. The quantitative estimate of drug-likeness (QED) is 0.861. The number of halogens is 2. The lowest BCUT2D eigenvalue weighted by atomic mass is 9.85. The summed E-state index contributed by atoms with van der Waals surface area (Å²) in [6, 6.07) is 3.49. The van der Waals surface area contributed by atoms with E-state index >= 15 is 0 Å². The van der Waals surface area contributed by atoms with Crippen LogP contribution in [0.25, 0.3) is 0 Å². The van der Waals surface area contributed by atoms with Crippen LogP contribution in [0.4, 0.5) is 4.39 Å². The van der Waals surface area contributed by atoms with Crippen molar-refractivity contribution in [2.75, 3.05) is 6.54 Å². The molecule has 0 aliphatic rings. The maximum Gasteiger partial charge on any atom is 0.142 e. The fourth-order valence-corrected chi connectivity index (χ4v) is 2.03. The van der Waals surface area contributed by atoms with Crippen LogP contribution in [0.1, 0.15) is 38.3 Å².